The highest BCUT2D eigenvalue weighted by atomic mass is 15.0. The van der Waals surface area contributed by atoms with Crippen LogP contribution in [-0.2, 0) is 0 Å². The summed E-state index contributed by atoms with van der Waals surface area (Å²) in [6.45, 7) is 10.8. The lowest BCUT2D eigenvalue weighted by atomic mass is 9.81. The molecule has 1 N–H and O–H groups in total. The first-order chi connectivity index (χ1) is 5.53. The van der Waals surface area contributed by atoms with Gasteiger partial charge in [0.25, 0.3) is 0 Å². The molecule has 0 saturated carbocycles. The molecule has 1 saturated heterocycles. The van der Waals surface area contributed by atoms with Crippen molar-refractivity contribution in [2.75, 3.05) is 0 Å². The van der Waals surface area contributed by atoms with E-state index in [0.717, 1.165) is 5.92 Å². The first-order valence-corrected chi connectivity index (χ1v) is 4.99. The fraction of sp³-hybridized carbons (Fsp3) is 0.818. The number of hydrogen-bond acceptors (Lipinski definition) is 1. The van der Waals surface area contributed by atoms with E-state index in [4.69, 9.17) is 0 Å². The molecule has 0 aromatic heterocycles. The second kappa shape index (κ2) is 3.51. The van der Waals surface area contributed by atoms with Gasteiger partial charge in [-0.25, -0.2) is 0 Å². The van der Waals surface area contributed by atoms with Crippen LogP contribution in [0.2, 0.25) is 0 Å². The van der Waals surface area contributed by atoms with Crippen LogP contribution in [-0.4, -0.2) is 5.54 Å². The highest BCUT2D eigenvalue weighted by Crippen LogP contribution is 2.30. The maximum atomic E-state index is 4.03. The summed E-state index contributed by atoms with van der Waals surface area (Å²) < 4.78 is 0. The maximum absolute atomic E-state index is 4.03. The standard InChI is InChI=1S/C11H21N/c1-5-6-10-7-9(2)12-11(3,4)8-10/h10,12H,2,5-8H2,1,3-4H3. The predicted molar refractivity (Wildman–Crippen MR) is 54.0 cm³/mol. The third-order valence-corrected chi connectivity index (χ3v) is 2.55. The minimum atomic E-state index is 0.273. The third-order valence-electron chi connectivity index (χ3n) is 2.55. The van der Waals surface area contributed by atoms with Crippen LogP contribution in [0, 0.1) is 5.92 Å². The molecule has 1 aliphatic rings. The van der Waals surface area contributed by atoms with Crippen molar-refractivity contribution in [2.45, 2.75) is 52.0 Å². The molecule has 1 rings (SSSR count). The molecule has 1 heterocycles. The van der Waals surface area contributed by atoms with Crippen LogP contribution in [0.3, 0.4) is 0 Å². The number of piperidine rings is 1. The zero-order chi connectivity index (χ0) is 9.19. The summed E-state index contributed by atoms with van der Waals surface area (Å²) in [5, 5.41) is 3.45. The van der Waals surface area contributed by atoms with Gasteiger partial charge in [0.05, 0.1) is 0 Å². The van der Waals surface area contributed by atoms with E-state index in [2.05, 4.69) is 32.7 Å². The van der Waals surface area contributed by atoms with Crippen LogP contribution in [0.25, 0.3) is 0 Å². The molecule has 12 heavy (non-hydrogen) atoms. The van der Waals surface area contributed by atoms with Gasteiger partial charge in [-0.2, -0.15) is 0 Å². The van der Waals surface area contributed by atoms with E-state index in [9.17, 15) is 0 Å². The summed E-state index contributed by atoms with van der Waals surface area (Å²) in [5.74, 6) is 0.860. The Hall–Kier alpha value is -0.460. The molecule has 1 nitrogen and oxygen atoms in total. The molecule has 0 bridgehead atoms. The van der Waals surface area contributed by atoms with Gasteiger partial charge in [-0.1, -0.05) is 26.3 Å². The lowest BCUT2D eigenvalue weighted by molar-refractivity contribution is 0.254. The van der Waals surface area contributed by atoms with Gasteiger partial charge < -0.3 is 5.32 Å². The Kier molecular flexibility index (Phi) is 2.81. The first-order valence-electron chi connectivity index (χ1n) is 4.99. The molecule has 0 aliphatic carbocycles. The molecule has 1 fully saturated rings. The quantitative estimate of drug-likeness (QED) is 0.666. The molecule has 1 atom stereocenters. The van der Waals surface area contributed by atoms with Crippen LogP contribution >= 0.6 is 0 Å². The molecule has 0 amide bonds. The van der Waals surface area contributed by atoms with Crippen LogP contribution in [0.15, 0.2) is 12.3 Å². The van der Waals surface area contributed by atoms with E-state index in [0.29, 0.717) is 0 Å². The van der Waals surface area contributed by atoms with Crippen LogP contribution < -0.4 is 5.32 Å². The van der Waals surface area contributed by atoms with E-state index in [1.54, 1.807) is 0 Å². The molecule has 0 radical (unpaired) electrons. The Balaban J connectivity index is 2.51. The molecular weight excluding hydrogens is 146 g/mol. The molecule has 70 valence electrons. The van der Waals surface area contributed by atoms with Crippen LogP contribution in [0.5, 0.6) is 0 Å². The molecule has 0 aromatic rings. The molecule has 0 aromatic carbocycles. The average molecular weight is 167 g/mol. The van der Waals surface area contributed by atoms with Crippen LogP contribution in [0.1, 0.15) is 46.5 Å². The van der Waals surface area contributed by atoms with Crippen molar-refractivity contribution < 1.29 is 0 Å². The van der Waals surface area contributed by atoms with E-state index in [1.165, 1.54) is 31.4 Å². The molecule has 1 unspecified atom stereocenters. The zero-order valence-corrected chi connectivity index (χ0v) is 8.61. The summed E-state index contributed by atoms with van der Waals surface area (Å²) in [6, 6.07) is 0. The van der Waals surface area contributed by atoms with Crippen molar-refractivity contribution in [1.82, 2.24) is 5.32 Å². The fourth-order valence-electron chi connectivity index (χ4n) is 2.34. The maximum Gasteiger partial charge on any atom is 0.0317 e. The van der Waals surface area contributed by atoms with Crippen molar-refractivity contribution in [3.63, 3.8) is 0 Å². The SMILES string of the molecule is C=C1CC(CCC)CC(C)(C)N1. The highest BCUT2D eigenvalue weighted by Gasteiger charge is 2.28. The normalized spacial score (nSPS) is 28.2. The minimum Gasteiger partial charge on any atom is -0.384 e. The van der Waals surface area contributed by atoms with Crippen molar-refractivity contribution in [3.05, 3.63) is 12.3 Å². The van der Waals surface area contributed by atoms with Crippen molar-refractivity contribution in [2.24, 2.45) is 5.92 Å². The minimum absolute atomic E-state index is 0.273. The van der Waals surface area contributed by atoms with Crippen molar-refractivity contribution in [3.8, 4) is 0 Å². The zero-order valence-electron chi connectivity index (χ0n) is 8.61. The van der Waals surface area contributed by atoms with Gasteiger partial charge in [-0.15, -0.1) is 0 Å². The molecular formula is C11H21N. The summed E-state index contributed by atoms with van der Waals surface area (Å²) in [6.07, 6.45) is 5.12. The Morgan fingerprint density at radius 3 is 2.75 bits per heavy atom. The first kappa shape index (κ1) is 9.63. The third kappa shape index (κ3) is 2.54. The van der Waals surface area contributed by atoms with Gasteiger partial charge in [0, 0.05) is 11.2 Å². The lowest BCUT2D eigenvalue weighted by Crippen LogP contribution is -2.44. The van der Waals surface area contributed by atoms with Crippen molar-refractivity contribution >= 4 is 0 Å². The topological polar surface area (TPSA) is 12.0 Å². The number of allylic oxidation sites excluding steroid dienone is 1. The summed E-state index contributed by atoms with van der Waals surface area (Å²) in [5.41, 5.74) is 1.50. The van der Waals surface area contributed by atoms with Gasteiger partial charge >= 0.3 is 0 Å². The second-order valence-corrected chi connectivity index (χ2v) is 4.68. The largest absolute Gasteiger partial charge is 0.384 e. The van der Waals surface area contributed by atoms with Crippen LogP contribution in [0.4, 0.5) is 0 Å². The summed E-state index contributed by atoms with van der Waals surface area (Å²) >= 11 is 0. The van der Waals surface area contributed by atoms with Gasteiger partial charge in [0.2, 0.25) is 0 Å². The molecule has 1 heteroatoms. The summed E-state index contributed by atoms with van der Waals surface area (Å²) in [7, 11) is 0. The highest BCUT2D eigenvalue weighted by molar-refractivity contribution is 5.04. The Bertz CT molecular complexity index is 170. The second-order valence-electron chi connectivity index (χ2n) is 4.68. The fourth-order valence-corrected chi connectivity index (χ4v) is 2.34. The Labute approximate surface area is 76.2 Å². The van der Waals surface area contributed by atoms with Gasteiger partial charge in [0.1, 0.15) is 0 Å². The molecule has 0 spiro atoms. The predicted octanol–water partition coefficient (Wildman–Crippen LogP) is 3.08. The number of nitrogens with one attached hydrogen (secondary N) is 1. The summed E-state index contributed by atoms with van der Waals surface area (Å²) in [4.78, 5) is 0. The lowest BCUT2D eigenvalue weighted by Gasteiger charge is -2.38. The average Bonchev–Trinajstić information content (AvgIpc) is 1.82. The van der Waals surface area contributed by atoms with Gasteiger partial charge in [0.15, 0.2) is 0 Å². The van der Waals surface area contributed by atoms with E-state index in [1.807, 2.05) is 0 Å². The number of hydrogen-bond donors (Lipinski definition) is 1. The Morgan fingerprint density at radius 2 is 2.25 bits per heavy atom. The molecule has 1 aliphatic heterocycles. The monoisotopic (exact) mass is 167 g/mol. The van der Waals surface area contributed by atoms with Crippen molar-refractivity contribution in [1.29, 1.82) is 0 Å². The van der Waals surface area contributed by atoms with Gasteiger partial charge in [-0.3, -0.25) is 0 Å². The number of rotatable bonds is 2. The van der Waals surface area contributed by atoms with E-state index >= 15 is 0 Å². The Morgan fingerprint density at radius 1 is 1.58 bits per heavy atom. The smallest absolute Gasteiger partial charge is 0.0317 e. The van der Waals surface area contributed by atoms with E-state index < -0.39 is 0 Å². The van der Waals surface area contributed by atoms with E-state index in [-0.39, 0.29) is 5.54 Å². The van der Waals surface area contributed by atoms with Gasteiger partial charge in [-0.05, 0) is 32.6 Å².